The van der Waals surface area contributed by atoms with Crippen molar-refractivity contribution in [3.8, 4) is 11.5 Å². The number of hydrazine groups is 1. The minimum atomic E-state index is -0.699. The van der Waals surface area contributed by atoms with Crippen molar-refractivity contribution in [3.05, 3.63) is 47.0 Å². The van der Waals surface area contributed by atoms with Crippen LogP contribution >= 0.6 is 11.6 Å². The average Bonchev–Trinajstić information content (AvgIpc) is 2.85. The summed E-state index contributed by atoms with van der Waals surface area (Å²) in [6, 6.07) is 10.9. The summed E-state index contributed by atoms with van der Waals surface area (Å²) in [4.78, 5) is 23.8. The van der Waals surface area contributed by atoms with Gasteiger partial charge in [-0.05, 0) is 54.5 Å². The standard InChI is InChI=1S/C27H38ClN3O4/c1-6-8-9-10-11-24(35-23-15-12-19(16-21(23)28)27(3,4)7-2)26(33)30-20-13-14-22(31-29-18-32)25(17-20)34-5/h12-18,24,31H,6-11H2,1-5H3,(H,29,32)(H,30,33). The fourth-order valence-electron chi connectivity index (χ4n) is 3.58. The Morgan fingerprint density at radius 1 is 1.09 bits per heavy atom. The lowest BCUT2D eigenvalue weighted by atomic mass is 9.82. The normalized spacial score (nSPS) is 11.9. The lowest BCUT2D eigenvalue weighted by Crippen LogP contribution is -2.33. The Kier molecular flexibility index (Phi) is 11.2. The number of halogens is 1. The fraction of sp³-hybridized carbons (Fsp3) is 0.481. The second-order valence-electron chi connectivity index (χ2n) is 9.13. The summed E-state index contributed by atoms with van der Waals surface area (Å²) in [5.41, 5.74) is 7.34. The van der Waals surface area contributed by atoms with Gasteiger partial charge in [-0.1, -0.05) is 64.6 Å². The van der Waals surface area contributed by atoms with E-state index in [0.717, 1.165) is 37.7 Å². The molecule has 192 valence electrons. The van der Waals surface area contributed by atoms with E-state index in [2.05, 4.69) is 43.9 Å². The van der Waals surface area contributed by atoms with Crippen LogP contribution in [-0.4, -0.2) is 25.5 Å². The molecule has 0 bridgehead atoms. The maximum atomic E-state index is 13.2. The summed E-state index contributed by atoms with van der Waals surface area (Å²) >= 11 is 6.57. The molecule has 0 aliphatic rings. The van der Waals surface area contributed by atoms with Gasteiger partial charge in [0.25, 0.3) is 5.91 Å². The third-order valence-corrected chi connectivity index (χ3v) is 6.51. The van der Waals surface area contributed by atoms with Crippen molar-refractivity contribution in [3.63, 3.8) is 0 Å². The highest BCUT2D eigenvalue weighted by Gasteiger charge is 2.24. The van der Waals surface area contributed by atoms with Crippen LogP contribution in [0.5, 0.6) is 11.5 Å². The molecular weight excluding hydrogens is 466 g/mol. The smallest absolute Gasteiger partial charge is 0.265 e. The van der Waals surface area contributed by atoms with E-state index >= 15 is 0 Å². The van der Waals surface area contributed by atoms with Gasteiger partial charge in [-0.15, -0.1) is 0 Å². The van der Waals surface area contributed by atoms with Crippen molar-refractivity contribution < 1.29 is 19.1 Å². The van der Waals surface area contributed by atoms with E-state index in [1.165, 1.54) is 7.11 Å². The third kappa shape index (κ3) is 8.35. The number of rotatable bonds is 15. The predicted molar refractivity (Wildman–Crippen MR) is 142 cm³/mol. The molecule has 8 heteroatoms. The largest absolute Gasteiger partial charge is 0.494 e. The quantitative estimate of drug-likeness (QED) is 0.147. The second kappa shape index (κ2) is 13.8. The summed E-state index contributed by atoms with van der Waals surface area (Å²) in [5.74, 6) is 0.703. The molecular formula is C27H38ClN3O4. The van der Waals surface area contributed by atoms with Crippen LogP contribution in [0.15, 0.2) is 36.4 Å². The van der Waals surface area contributed by atoms with Gasteiger partial charge in [0.15, 0.2) is 6.10 Å². The highest BCUT2D eigenvalue weighted by molar-refractivity contribution is 6.32. The van der Waals surface area contributed by atoms with Crippen LogP contribution in [0.2, 0.25) is 5.02 Å². The van der Waals surface area contributed by atoms with Gasteiger partial charge in [0.05, 0.1) is 17.8 Å². The zero-order valence-corrected chi connectivity index (χ0v) is 22.1. The van der Waals surface area contributed by atoms with E-state index < -0.39 is 6.10 Å². The van der Waals surface area contributed by atoms with Gasteiger partial charge in [-0.3, -0.25) is 20.4 Å². The van der Waals surface area contributed by atoms with E-state index in [9.17, 15) is 9.59 Å². The van der Waals surface area contributed by atoms with Gasteiger partial charge >= 0.3 is 0 Å². The molecule has 0 aliphatic carbocycles. The number of nitrogens with one attached hydrogen (secondary N) is 3. The van der Waals surface area contributed by atoms with Crippen molar-refractivity contribution in [2.24, 2.45) is 0 Å². The molecule has 0 saturated heterocycles. The maximum absolute atomic E-state index is 13.2. The molecule has 0 heterocycles. The molecule has 1 unspecified atom stereocenters. The fourth-order valence-corrected chi connectivity index (χ4v) is 3.80. The molecule has 2 rings (SSSR count). The molecule has 0 radical (unpaired) electrons. The van der Waals surface area contributed by atoms with Crippen LogP contribution in [0.3, 0.4) is 0 Å². The predicted octanol–water partition coefficient (Wildman–Crippen LogP) is 6.47. The van der Waals surface area contributed by atoms with Gasteiger partial charge in [0.1, 0.15) is 11.5 Å². The first-order valence-electron chi connectivity index (χ1n) is 12.2. The van der Waals surface area contributed by atoms with Crippen molar-refractivity contribution in [2.75, 3.05) is 17.9 Å². The van der Waals surface area contributed by atoms with Crippen LogP contribution in [0.1, 0.15) is 71.8 Å². The molecule has 7 nitrogen and oxygen atoms in total. The first-order valence-corrected chi connectivity index (χ1v) is 12.5. The molecule has 0 saturated carbocycles. The highest BCUT2D eigenvalue weighted by Crippen LogP contribution is 2.34. The zero-order valence-electron chi connectivity index (χ0n) is 21.4. The number of carbonyl (C=O) groups excluding carboxylic acids is 2. The first-order chi connectivity index (χ1) is 16.7. The summed E-state index contributed by atoms with van der Waals surface area (Å²) in [5, 5.41) is 3.42. The lowest BCUT2D eigenvalue weighted by molar-refractivity contribution is -0.123. The summed E-state index contributed by atoms with van der Waals surface area (Å²) in [6.07, 6.45) is 5.49. The SMILES string of the molecule is CCCCCCC(Oc1ccc(C(C)(C)CC)cc1Cl)C(=O)Nc1ccc(NNC=O)c(OC)c1. The highest BCUT2D eigenvalue weighted by atomic mass is 35.5. The number of benzene rings is 2. The number of carbonyl (C=O) groups is 2. The minimum Gasteiger partial charge on any atom is -0.494 e. The van der Waals surface area contributed by atoms with Gasteiger partial charge in [-0.2, -0.15) is 0 Å². The van der Waals surface area contributed by atoms with Crippen molar-refractivity contribution in [1.82, 2.24) is 5.43 Å². The van der Waals surface area contributed by atoms with Crippen molar-refractivity contribution >= 4 is 35.3 Å². The van der Waals surface area contributed by atoms with E-state index in [1.807, 2.05) is 18.2 Å². The minimum absolute atomic E-state index is 0.000412. The van der Waals surface area contributed by atoms with Crippen LogP contribution < -0.4 is 25.6 Å². The van der Waals surface area contributed by atoms with Gasteiger partial charge in [0.2, 0.25) is 6.41 Å². The Morgan fingerprint density at radius 2 is 1.86 bits per heavy atom. The van der Waals surface area contributed by atoms with Crippen LogP contribution in [0, 0.1) is 0 Å². The van der Waals surface area contributed by atoms with Crippen LogP contribution in [0.25, 0.3) is 0 Å². The van der Waals surface area contributed by atoms with Gasteiger partial charge < -0.3 is 14.8 Å². The summed E-state index contributed by atoms with van der Waals surface area (Å²) in [7, 11) is 1.51. The molecule has 1 atom stereocenters. The Balaban J connectivity index is 2.20. The molecule has 0 aliphatic heterocycles. The molecule has 2 aromatic rings. The molecule has 3 N–H and O–H groups in total. The Hall–Kier alpha value is -2.93. The van der Waals surface area contributed by atoms with E-state index in [4.69, 9.17) is 21.1 Å². The number of unbranched alkanes of at least 4 members (excludes halogenated alkanes) is 3. The van der Waals surface area contributed by atoms with Crippen LogP contribution in [0.4, 0.5) is 11.4 Å². The van der Waals surface area contributed by atoms with Crippen molar-refractivity contribution in [1.29, 1.82) is 0 Å². The molecule has 0 fully saturated rings. The number of methoxy groups -OCH3 is 1. The van der Waals surface area contributed by atoms with Crippen LogP contribution in [-0.2, 0) is 15.0 Å². The Bertz CT molecular complexity index is 981. The number of hydrogen-bond donors (Lipinski definition) is 3. The number of ether oxygens (including phenoxy) is 2. The number of anilines is 2. The Morgan fingerprint density at radius 3 is 2.49 bits per heavy atom. The topological polar surface area (TPSA) is 88.7 Å². The van der Waals surface area contributed by atoms with E-state index in [-0.39, 0.29) is 11.3 Å². The number of hydrogen-bond acceptors (Lipinski definition) is 5. The monoisotopic (exact) mass is 503 g/mol. The molecule has 0 spiro atoms. The summed E-state index contributed by atoms with van der Waals surface area (Å²) < 4.78 is 11.5. The lowest BCUT2D eigenvalue weighted by Gasteiger charge is -2.25. The van der Waals surface area contributed by atoms with Crippen molar-refractivity contribution in [2.45, 2.75) is 77.7 Å². The number of amides is 2. The maximum Gasteiger partial charge on any atom is 0.265 e. The van der Waals surface area contributed by atoms with E-state index in [0.29, 0.717) is 40.7 Å². The third-order valence-electron chi connectivity index (χ3n) is 6.21. The zero-order chi connectivity index (χ0) is 25.8. The van der Waals surface area contributed by atoms with Gasteiger partial charge in [-0.25, -0.2) is 0 Å². The Labute approximate surface area is 213 Å². The summed E-state index contributed by atoms with van der Waals surface area (Å²) in [6.45, 7) is 8.64. The second-order valence-corrected chi connectivity index (χ2v) is 9.54. The molecule has 2 amide bonds. The van der Waals surface area contributed by atoms with Gasteiger partial charge in [0, 0.05) is 11.8 Å². The molecule has 2 aromatic carbocycles. The molecule has 0 aromatic heterocycles. The average molecular weight is 504 g/mol. The first kappa shape index (κ1) is 28.3. The molecule has 35 heavy (non-hydrogen) atoms. The van der Waals surface area contributed by atoms with E-state index in [1.54, 1.807) is 18.2 Å².